The van der Waals surface area contributed by atoms with Crippen LogP contribution in [-0.2, 0) is 6.18 Å². The van der Waals surface area contributed by atoms with Crippen molar-refractivity contribution in [1.29, 1.82) is 0 Å². The maximum atomic E-state index is 12.5. The fourth-order valence-corrected chi connectivity index (χ4v) is 1.14. The predicted molar refractivity (Wildman–Crippen MR) is 55.1 cm³/mol. The fraction of sp³-hybridized carbons (Fsp3) is 0.300. The van der Waals surface area contributed by atoms with E-state index in [0.717, 1.165) is 6.07 Å². The van der Waals surface area contributed by atoms with Crippen LogP contribution in [0.3, 0.4) is 0 Å². The number of nitrogens with zero attached hydrogens (tertiary/aromatic N) is 1. The monoisotopic (exact) mass is 248 g/mol. The highest BCUT2D eigenvalue weighted by Gasteiger charge is 2.33. The normalized spacial score (nSPS) is 10.8. The van der Waals surface area contributed by atoms with Gasteiger partial charge >= 0.3 is 6.18 Å². The quantitative estimate of drug-likeness (QED) is 0.609. The van der Waals surface area contributed by atoms with Gasteiger partial charge in [0.2, 0.25) is 0 Å². The first kappa shape index (κ1) is 12.8. The van der Waals surface area contributed by atoms with Crippen molar-refractivity contribution in [2.75, 3.05) is 13.6 Å². The Hall–Kier alpha value is -1.25. The second-order valence-corrected chi connectivity index (χ2v) is 3.27. The summed E-state index contributed by atoms with van der Waals surface area (Å²) in [6, 6.07) is 1.10. The number of nitrogens with one attached hydrogen (secondary N) is 1. The molecule has 0 aliphatic heterocycles. The number of alkyl halides is 3. The minimum atomic E-state index is -4.47. The van der Waals surface area contributed by atoms with Crippen LogP contribution in [0.4, 0.5) is 13.2 Å². The van der Waals surface area contributed by atoms with Gasteiger partial charge < -0.3 is 5.32 Å². The largest absolute Gasteiger partial charge is 0.419 e. The number of rotatable bonds is 1. The summed E-state index contributed by atoms with van der Waals surface area (Å²) in [6.07, 6.45) is -3.78. The summed E-state index contributed by atoms with van der Waals surface area (Å²) < 4.78 is 37.6. The van der Waals surface area contributed by atoms with Gasteiger partial charge in [-0.05, 0) is 13.1 Å². The van der Waals surface area contributed by atoms with Crippen molar-refractivity contribution in [1.82, 2.24) is 10.3 Å². The Morgan fingerprint density at radius 2 is 2.19 bits per heavy atom. The first-order chi connectivity index (χ1) is 7.45. The molecule has 1 N–H and O–H groups in total. The van der Waals surface area contributed by atoms with E-state index in [1.807, 2.05) is 0 Å². The number of hydrogen-bond acceptors (Lipinski definition) is 2. The standard InChI is InChI=1S/C10H8ClF3N2/c1-15-4-2-3-7-5-9(11)16-6-8(7)10(12,13)14/h5-6,15H,4H2,1H3. The molecule has 0 radical (unpaired) electrons. The topological polar surface area (TPSA) is 24.9 Å². The van der Waals surface area contributed by atoms with Crippen molar-refractivity contribution in [3.05, 3.63) is 28.5 Å². The minimum absolute atomic E-state index is 0.0123. The van der Waals surface area contributed by atoms with E-state index < -0.39 is 11.7 Å². The van der Waals surface area contributed by atoms with Crippen molar-refractivity contribution >= 4 is 11.6 Å². The molecule has 0 saturated heterocycles. The molecule has 0 saturated carbocycles. The summed E-state index contributed by atoms with van der Waals surface area (Å²) in [6.45, 7) is 0.303. The molecule has 1 heterocycles. The third-order valence-electron chi connectivity index (χ3n) is 1.66. The number of aromatic nitrogens is 1. The van der Waals surface area contributed by atoms with Gasteiger partial charge in [0.05, 0.1) is 12.1 Å². The first-order valence-electron chi connectivity index (χ1n) is 4.31. The van der Waals surface area contributed by atoms with Gasteiger partial charge in [-0.1, -0.05) is 23.4 Å². The van der Waals surface area contributed by atoms with E-state index in [1.54, 1.807) is 7.05 Å². The van der Waals surface area contributed by atoms with Crippen LogP contribution in [0.1, 0.15) is 11.1 Å². The summed E-state index contributed by atoms with van der Waals surface area (Å²) in [7, 11) is 1.65. The maximum absolute atomic E-state index is 12.5. The van der Waals surface area contributed by atoms with Gasteiger partial charge in [0, 0.05) is 11.8 Å². The molecule has 0 spiro atoms. The van der Waals surface area contributed by atoms with Crippen LogP contribution >= 0.6 is 11.6 Å². The van der Waals surface area contributed by atoms with E-state index in [1.165, 1.54) is 0 Å². The molecule has 0 unspecified atom stereocenters. The van der Waals surface area contributed by atoms with Crippen molar-refractivity contribution < 1.29 is 13.2 Å². The van der Waals surface area contributed by atoms with E-state index in [-0.39, 0.29) is 10.7 Å². The van der Waals surface area contributed by atoms with Crippen LogP contribution in [0, 0.1) is 11.8 Å². The molecule has 0 bridgehead atoms. The molecule has 0 aliphatic carbocycles. The maximum Gasteiger partial charge on any atom is 0.419 e. The molecule has 0 amide bonds. The van der Waals surface area contributed by atoms with Crippen LogP contribution in [0.25, 0.3) is 0 Å². The molecular formula is C10H8ClF3N2. The highest BCUT2D eigenvalue weighted by Crippen LogP contribution is 2.31. The van der Waals surface area contributed by atoms with Crippen molar-refractivity contribution in [2.24, 2.45) is 0 Å². The molecule has 0 aliphatic rings. The molecule has 2 nitrogen and oxygen atoms in total. The van der Waals surface area contributed by atoms with Crippen LogP contribution in [-0.4, -0.2) is 18.6 Å². The third kappa shape index (κ3) is 3.40. The van der Waals surface area contributed by atoms with Crippen molar-refractivity contribution in [2.45, 2.75) is 6.18 Å². The molecule has 16 heavy (non-hydrogen) atoms. The second-order valence-electron chi connectivity index (χ2n) is 2.88. The zero-order valence-corrected chi connectivity index (χ0v) is 9.08. The molecule has 1 rings (SSSR count). The average molecular weight is 249 g/mol. The van der Waals surface area contributed by atoms with E-state index in [4.69, 9.17) is 11.6 Å². The minimum Gasteiger partial charge on any atom is -0.309 e. The molecule has 1 aromatic heterocycles. The summed E-state index contributed by atoms with van der Waals surface area (Å²) in [4.78, 5) is 3.40. The van der Waals surface area contributed by atoms with Gasteiger partial charge in [-0.15, -0.1) is 0 Å². The zero-order valence-electron chi connectivity index (χ0n) is 8.32. The lowest BCUT2D eigenvalue weighted by Gasteiger charge is -2.08. The molecule has 0 aromatic carbocycles. The second kappa shape index (κ2) is 5.19. The Labute approximate surface area is 95.8 Å². The van der Waals surface area contributed by atoms with Crippen LogP contribution < -0.4 is 5.32 Å². The van der Waals surface area contributed by atoms with E-state index in [0.29, 0.717) is 12.7 Å². The average Bonchev–Trinajstić information content (AvgIpc) is 2.16. The van der Waals surface area contributed by atoms with Gasteiger partial charge in [0.1, 0.15) is 5.15 Å². The Kier molecular flexibility index (Phi) is 4.16. The lowest BCUT2D eigenvalue weighted by Crippen LogP contribution is -2.09. The van der Waals surface area contributed by atoms with E-state index in [9.17, 15) is 13.2 Å². The lowest BCUT2D eigenvalue weighted by molar-refractivity contribution is -0.138. The van der Waals surface area contributed by atoms with Gasteiger partial charge in [-0.2, -0.15) is 13.2 Å². The molecule has 6 heteroatoms. The van der Waals surface area contributed by atoms with E-state index >= 15 is 0 Å². The Morgan fingerprint density at radius 3 is 2.75 bits per heavy atom. The highest BCUT2D eigenvalue weighted by molar-refractivity contribution is 6.29. The van der Waals surface area contributed by atoms with E-state index in [2.05, 4.69) is 22.1 Å². The molecule has 0 atom stereocenters. The number of halogens is 4. The van der Waals surface area contributed by atoms with Crippen molar-refractivity contribution in [3.8, 4) is 11.8 Å². The van der Waals surface area contributed by atoms with Crippen LogP contribution in [0.2, 0.25) is 5.15 Å². The van der Waals surface area contributed by atoms with Gasteiger partial charge in [-0.3, -0.25) is 0 Å². The summed E-state index contributed by atoms with van der Waals surface area (Å²) in [5.74, 6) is 4.95. The molecule has 0 fully saturated rings. The Morgan fingerprint density at radius 1 is 1.50 bits per heavy atom. The SMILES string of the molecule is CNCC#Cc1cc(Cl)ncc1C(F)(F)F. The van der Waals surface area contributed by atoms with Crippen molar-refractivity contribution in [3.63, 3.8) is 0 Å². The summed E-state index contributed by atoms with van der Waals surface area (Å²) >= 11 is 5.52. The number of pyridine rings is 1. The molecule has 86 valence electrons. The zero-order chi connectivity index (χ0) is 12.2. The summed E-state index contributed by atoms with van der Waals surface area (Å²) in [5.41, 5.74) is -1.04. The van der Waals surface area contributed by atoms with Crippen LogP contribution in [0.15, 0.2) is 12.3 Å². The third-order valence-corrected chi connectivity index (χ3v) is 1.87. The number of hydrogen-bond donors (Lipinski definition) is 1. The van der Waals surface area contributed by atoms with Gasteiger partial charge in [0.15, 0.2) is 0 Å². The first-order valence-corrected chi connectivity index (χ1v) is 4.69. The summed E-state index contributed by atoms with van der Waals surface area (Å²) in [5, 5.41) is 2.70. The predicted octanol–water partition coefficient (Wildman–Crippen LogP) is 2.32. The highest BCUT2D eigenvalue weighted by atomic mass is 35.5. The smallest absolute Gasteiger partial charge is 0.309 e. The Bertz CT molecular complexity index is 432. The van der Waals surface area contributed by atoms with Crippen LogP contribution in [0.5, 0.6) is 0 Å². The fourth-order valence-electron chi connectivity index (χ4n) is 0.987. The lowest BCUT2D eigenvalue weighted by atomic mass is 10.1. The van der Waals surface area contributed by atoms with Gasteiger partial charge in [0.25, 0.3) is 0 Å². The Balaban J connectivity index is 3.15. The molecular weight excluding hydrogens is 241 g/mol. The van der Waals surface area contributed by atoms with Gasteiger partial charge in [-0.25, -0.2) is 4.98 Å². The molecule has 1 aromatic rings.